The minimum Gasteiger partial charge on any atom is -0.468 e. The monoisotopic (exact) mass is 353 g/mol. The number of piperidine rings is 1. The van der Waals surface area contributed by atoms with Gasteiger partial charge in [-0.05, 0) is 50.2 Å². The summed E-state index contributed by atoms with van der Waals surface area (Å²) < 4.78 is 10.9. The van der Waals surface area contributed by atoms with Crippen molar-refractivity contribution in [1.82, 2.24) is 15.4 Å². The Labute approximate surface area is 152 Å². The van der Waals surface area contributed by atoms with Gasteiger partial charge in [-0.25, -0.2) is 0 Å². The van der Waals surface area contributed by atoms with Crippen LogP contribution in [-0.2, 0) is 11.2 Å². The Balaban J connectivity index is 1.41. The highest BCUT2D eigenvalue weighted by Gasteiger charge is 2.25. The van der Waals surface area contributed by atoms with Crippen LogP contribution in [0.5, 0.6) is 0 Å². The van der Waals surface area contributed by atoms with Gasteiger partial charge in [0.25, 0.3) is 0 Å². The Bertz CT molecular complexity index is 850. The van der Waals surface area contributed by atoms with Gasteiger partial charge in [0.15, 0.2) is 5.58 Å². The molecule has 1 atom stereocenters. The number of carbonyl (C=O) groups excluding carboxylic acids is 1. The number of likely N-dealkylation sites (tertiary alicyclic amines) is 1. The number of nitrogens with zero attached hydrogens (tertiary/aromatic N) is 2. The third-order valence-corrected chi connectivity index (χ3v) is 4.98. The van der Waals surface area contributed by atoms with Crippen LogP contribution in [0.2, 0.25) is 0 Å². The molecule has 2 aromatic heterocycles. The van der Waals surface area contributed by atoms with Crippen LogP contribution in [0, 0.1) is 0 Å². The predicted octanol–water partition coefficient (Wildman–Crippen LogP) is 3.31. The molecule has 1 unspecified atom stereocenters. The van der Waals surface area contributed by atoms with E-state index in [1.54, 1.807) is 6.26 Å². The van der Waals surface area contributed by atoms with Gasteiger partial charge in [-0.3, -0.25) is 9.69 Å². The Kier molecular flexibility index (Phi) is 5.02. The van der Waals surface area contributed by atoms with Crippen LogP contribution < -0.4 is 5.32 Å². The Morgan fingerprint density at radius 3 is 2.81 bits per heavy atom. The van der Waals surface area contributed by atoms with E-state index in [1.807, 2.05) is 36.4 Å². The lowest BCUT2D eigenvalue weighted by molar-refractivity contribution is -0.120. The van der Waals surface area contributed by atoms with Gasteiger partial charge in [-0.15, -0.1) is 0 Å². The second-order valence-corrected chi connectivity index (χ2v) is 6.73. The van der Waals surface area contributed by atoms with Crippen molar-refractivity contribution in [3.8, 4) is 0 Å². The van der Waals surface area contributed by atoms with E-state index in [4.69, 9.17) is 8.94 Å². The Morgan fingerprint density at radius 1 is 1.15 bits per heavy atom. The number of rotatable bonds is 6. The molecule has 1 aliphatic rings. The highest BCUT2D eigenvalue weighted by Crippen LogP contribution is 2.24. The van der Waals surface area contributed by atoms with Crippen LogP contribution >= 0.6 is 0 Å². The molecule has 1 saturated heterocycles. The summed E-state index contributed by atoms with van der Waals surface area (Å²) in [6.45, 7) is 2.60. The average molecular weight is 353 g/mol. The number of para-hydroxylation sites is 1. The van der Waals surface area contributed by atoms with Crippen molar-refractivity contribution in [3.63, 3.8) is 0 Å². The topological polar surface area (TPSA) is 71.5 Å². The maximum Gasteiger partial charge on any atom is 0.226 e. The number of amides is 1. The minimum absolute atomic E-state index is 0.0578. The van der Waals surface area contributed by atoms with Crippen molar-refractivity contribution in [2.45, 2.75) is 31.7 Å². The summed E-state index contributed by atoms with van der Waals surface area (Å²) in [7, 11) is 0. The van der Waals surface area contributed by atoms with E-state index < -0.39 is 0 Å². The standard InChI is InChI=1S/C20H23N3O3/c24-20(13-16-15-7-2-3-8-18(15)26-22-16)21-14-17(19-9-6-12-25-19)23-10-4-1-5-11-23/h2-3,6-9,12,17H,1,4-5,10-11,13-14H2,(H,21,24). The summed E-state index contributed by atoms with van der Waals surface area (Å²) in [5, 5.41) is 7.98. The number of fused-ring (bicyclic) bond motifs is 1. The SMILES string of the molecule is O=C(Cc1noc2ccccc12)NCC(c1ccco1)N1CCCCC1. The maximum atomic E-state index is 12.5. The van der Waals surface area contributed by atoms with E-state index in [1.165, 1.54) is 19.3 Å². The summed E-state index contributed by atoms with van der Waals surface area (Å²) in [6.07, 6.45) is 5.55. The third-order valence-electron chi connectivity index (χ3n) is 4.98. The van der Waals surface area contributed by atoms with Crippen molar-refractivity contribution in [3.05, 3.63) is 54.1 Å². The summed E-state index contributed by atoms with van der Waals surface area (Å²) in [5.74, 6) is 0.844. The second kappa shape index (κ2) is 7.74. The number of benzene rings is 1. The molecule has 0 radical (unpaired) electrons. The van der Waals surface area contributed by atoms with E-state index >= 15 is 0 Å². The zero-order chi connectivity index (χ0) is 17.8. The highest BCUT2D eigenvalue weighted by atomic mass is 16.5. The first-order valence-corrected chi connectivity index (χ1v) is 9.19. The summed E-state index contributed by atoms with van der Waals surface area (Å²) in [5.41, 5.74) is 1.38. The Hall–Kier alpha value is -2.60. The quantitative estimate of drug-likeness (QED) is 0.736. The zero-order valence-corrected chi connectivity index (χ0v) is 14.7. The van der Waals surface area contributed by atoms with Crippen LogP contribution in [0.4, 0.5) is 0 Å². The second-order valence-electron chi connectivity index (χ2n) is 6.73. The third kappa shape index (κ3) is 3.65. The molecule has 0 saturated carbocycles. The lowest BCUT2D eigenvalue weighted by Crippen LogP contribution is -2.40. The van der Waals surface area contributed by atoms with Gasteiger partial charge in [0.2, 0.25) is 5.91 Å². The van der Waals surface area contributed by atoms with Gasteiger partial charge in [0.05, 0.1) is 18.7 Å². The van der Waals surface area contributed by atoms with Crippen molar-refractivity contribution in [2.24, 2.45) is 0 Å². The van der Waals surface area contributed by atoms with E-state index in [9.17, 15) is 4.79 Å². The number of furan rings is 1. The first-order valence-electron chi connectivity index (χ1n) is 9.19. The van der Waals surface area contributed by atoms with Gasteiger partial charge in [0, 0.05) is 11.9 Å². The van der Waals surface area contributed by atoms with Gasteiger partial charge in [-0.2, -0.15) is 0 Å². The molecule has 1 aromatic carbocycles. The highest BCUT2D eigenvalue weighted by molar-refractivity contribution is 5.86. The molecule has 4 rings (SSSR count). The minimum atomic E-state index is -0.0578. The summed E-state index contributed by atoms with van der Waals surface area (Å²) >= 11 is 0. The fraction of sp³-hybridized carbons (Fsp3) is 0.400. The van der Waals surface area contributed by atoms with Gasteiger partial charge >= 0.3 is 0 Å². The van der Waals surface area contributed by atoms with Crippen LogP contribution in [0.25, 0.3) is 11.0 Å². The molecule has 26 heavy (non-hydrogen) atoms. The molecule has 0 spiro atoms. The molecule has 1 aliphatic heterocycles. The first-order chi connectivity index (χ1) is 12.8. The molecule has 6 nitrogen and oxygen atoms in total. The lowest BCUT2D eigenvalue weighted by atomic mass is 10.1. The van der Waals surface area contributed by atoms with Crippen molar-refractivity contribution in [1.29, 1.82) is 0 Å². The molecule has 3 aromatic rings. The van der Waals surface area contributed by atoms with Crippen molar-refractivity contribution >= 4 is 16.9 Å². The number of hydrogen-bond donors (Lipinski definition) is 1. The van der Waals surface area contributed by atoms with Crippen LogP contribution in [0.1, 0.15) is 36.8 Å². The summed E-state index contributed by atoms with van der Waals surface area (Å²) in [6, 6.07) is 11.5. The van der Waals surface area contributed by atoms with Crippen LogP contribution in [0.15, 0.2) is 51.6 Å². The number of hydrogen-bond acceptors (Lipinski definition) is 5. The molecular weight excluding hydrogens is 330 g/mol. The van der Waals surface area contributed by atoms with E-state index in [0.29, 0.717) is 17.8 Å². The fourth-order valence-corrected chi connectivity index (χ4v) is 3.61. The maximum absolute atomic E-state index is 12.5. The van der Waals surface area contributed by atoms with Crippen molar-refractivity contribution in [2.75, 3.05) is 19.6 Å². The van der Waals surface area contributed by atoms with Crippen LogP contribution in [0.3, 0.4) is 0 Å². The molecule has 6 heteroatoms. The summed E-state index contributed by atoms with van der Waals surface area (Å²) in [4.78, 5) is 14.9. The first kappa shape index (κ1) is 16.8. The van der Waals surface area contributed by atoms with Gasteiger partial charge in [-0.1, -0.05) is 23.7 Å². The smallest absolute Gasteiger partial charge is 0.226 e. The molecule has 1 amide bonds. The molecule has 3 heterocycles. The molecule has 0 bridgehead atoms. The number of aromatic nitrogens is 1. The molecule has 0 aliphatic carbocycles. The van der Waals surface area contributed by atoms with E-state index in [0.717, 1.165) is 24.2 Å². The van der Waals surface area contributed by atoms with E-state index in [2.05, 4.69) is 15.4 Å². The van der Waals surface area contributed by atoms with E-state index in [-0.39, 0.29) is 18.4 Å². The average Bonchev–Trinajstić information content (AvgIpc) is 3.34. The van der Waals surface area contributed by atoms with Gasteiger partial charge < -0.3 is 14.3 Å². The molecular formula is C20H23N3O3. The lowest BCUT2D eigenvalue weighted by Gasteiger charge is -2.33. The largest absolute Gasteiger partial charge is 0.468 e. The van der Waals surface area contributed by atoms with Crippen molar-refractivity contribution < 1.29 is 13.7 Å². The van der Waals surface area contributed by atoms with Crippen LogP contribution in [-0.4, -0.2) is 35.6 Å². The fourth-order valence-electron chi connectivity index (χ4n) is 3.61. The number of carbonyl (C=O) groups is 1. The van der Waals surface area contributed by atoms with Gasteiger partial charge in [0.1, 0.15) is 11.5 Å². The zero-order valence-electron chi connectivity index (χ0n) is 14.7. The molecule has 1 N–H and O–H groups in total. The predicted molar refractivity (Wildman–Crippen MR) is 97.6 cm³/mol. The number of nitrogens with one attached hydrogen (secondary N) is 1. The molecule has 1 fully saturated rings. The Morgan fingerprint density at radius 2 is 2.00 bits per heavy atom. The molecule has 136 valence electrons. The normalized spacial score (nSPS) is 16.6.